The van der Waals surface area contributed by atoms with Gasteiger partial charge in [0.05, 0.1) is 4.90 Å². The van der Waals surface area contributed by atoms with E-state index in [-0.39, 0.29) is 5.63 Å². The molecule has 0 bridgehead atoms. The van der Waals surface area contributed by atoms with Crippen molar-refractivity contribution < 1.29 is 12.8 Å². The van der Waals surface area contributed by atoms with Gasteiger partial charge in [0.1, 0.15) is 5.58 Å². The van der Waals surface area contributed by atoms with Crippen LogP contribution in [-0.2, 0) is 16.6 Å². The van der Waals surface area contributed by atoms with Gasteiger partial charge in [-0.15, -0.1) is 0 Å². The molecule has 1 fully saturated rings. The highest BCUT2D eigenvalue weighted by Crippen LogP contribution is 2.30. The van der Waals surface area contributed by atoms with Crippen LogP contribution in [0.3, 0.4) is 0 Å². The second-order valence-corrected chi connectivity index (χ2v) is 11.1. The van der Waals surface area contributed by atoms with E-state index in [0.29, 0.717) is 43.2 Å². The third kappa shape index (κ3) is 4.25. The second-order valence-electron chi connectivity index (χ2n) is 9.24. The van der Waals surface area contributed by atoms with Crippen molar-refractivity contribution in [3.63, 3.8) is 0 Å². The molecular formula is C26H32N2O4S. The Kier molecular flexibility index (Phi) is 6.24. The summed E-state index contributed by atoms with van der Waals surface area (Å²) < 4.78 is 34.2. The number of hydrogen-bond acceptors (Lipinski definition) is 5. The number of piperazine rings is 1. The fourth-order valence-corrected chi connectivity index (χ4v) is 6.72. The first-order valence-corrected chi connectivity index (χ1v) is 12.8. The maximum Gasteiger partial charge on any atom is 0.336 e. The molecule has 7 heteroatoms. The molecule has 0 radical (unpaired) electrons. The van der Waals surface area contributed by atoms with Crippen LogP contribution in [0.15, 0.2) is 38.4 Å². The van der Waals surface area contributed by atoms with Gasteiger partial charge in [0.25, 0.3) is 0 Å². The third-order valence-corrected chi connectivity index (χ3v) is 9.31. The van der Waals surface area contributed by atoms with Gasteiger partial charge in [0.15, 0.2) is 0 Å². The van der Waals surface area contributed by atoms with Crippen LogP contribution in [-0.4, -0.2) is 43.8 Å². The summed E-state index contributed by atoms with van der Waals surface area (Å²) in [6, 6.07) is 7.65. The molecule has 3 aromatic rings. The Bertz CT molecular complexity index is 1370. The van der Waals surface area contributed by atoms with Crippen LogP contribution in [0.1, 0.15) is 38.9 Å². The van der Waals surface area contributed by atoms with Crippen LogP contribution < -0.4 is 5.63 Å². The quantitative estimate of drug-likeness (QED) is 0.538. The van der Waals surface area contributed by atoms with Crippen LogP contribution in [0.5, 0.6) is 0 Å². The molecule has 0 unspecified atom stereocenters. The fourth-order valence-electron chi connectivity index (χ4n) is 4.72. The highest BCUT2D eigenvalue weighted by molar-refractivity contribution is 7.89. The molecular weight excluding hydrogens is 436 g/mol. The zero-order valence-corrected chi connectivity index (χ0v) is 21.1. The number of rotatable bonds is 4. The van der Waals surface area contributed by atoms with Crippen LogP contribution in [0.25, 0.3) is 11.0 Å². The van der Waals surface area contributed by atoms with Crippen molar-refractivity contribution in [2.45, 2.75) is 53.0 Å². The molecule has 176 valence electrons. The average Bonchev–Trinajstić information content (AvgIpc) is 2.75. The predicted molar refractivity (Wildman–Crippen MR) is 131 cm³/mol. The monoisotopic (exact) mass is 468 g/mol. The zero-order chi connectivity index (χ0) is 24.1. The lowest BCUT2D eigenvalue weighted by atomic mass is 10.0. The van der Waals surface area contributed by atoms with Crippen molar-refractivity contribution in [3.05, 3.63) is 73.6 Å². The summed E-state index contributed by atoms with van der Waals surface area (Å²) in [5.41, 5.74) is 6.91. The first-order chi connectivity index (χ1) is 15.5. The van der Waals surface area contributed by atoms with Gasteiger partial charge < -0.3 is 4.42 Å². The summed E-state index contributed by atoms with van der Waals surface area (Å²) in [6.45, 7) is 14.3. The van der Waals surface area contributed by atoms with E-state index in [9.17, 15) is 13.2 Å². The summed E-state index contributed by atoms with van der Waals surface area (Å²) >= 11 is 0. The number of benzene rings is 2. The van der Waals surface area contributed by atoms with E-state index < -0.39 is 10.0 Å². The van der Waals surface area contributed by atoms with Crippen molar-refractivity contribution in [2.75, 3.05) is 26.2 Å². The molecule has 0 aliphatic carbocycles. The van der Waals surface area contributed by atoms with E-state index in [2.05, 4.69) is 4.90 Å². The van der Waals surface area contributed by atoms with E-state index >= 15 is 0 Å². The Morgan fingerprint density at radius 2 is 1.42 bits per heavy atom. The first kappa shape index (κ1) is 23.7. The lowest BCUT2D eigenvalue weighted by molar-refractivity contribution is 0.182. The van der Waals surface area contributed by atoms with E-state index in [1.54, 1.807) is 10.4 Å². The third-order valence-electron chi connectivity index (χ3n) is 7.14. The first-order valence-electron chi connectivity index (χ1n) is 11.3. The number of hydrogen-bond donors (Lipinski definition) is 0. The average molecular weight is 469 g/mol. The van der Waals surface area contributed by atoms with Gasteiger partial charge >= 0.3 is 5.63 Å². The molecule has 0 amide bonds. The normalized spacial score (nSPS) is 15.9. The molecule has 6 nitrogen and oxygen atoms in total. The molecule has 2 aromatic carbocycles. The summed E-state index contributed by atoms with van der Waals surface area (Å²) in [5.74, 6) is 0. The van der Waals surface area contributed by atoms with Crippen LogP contribution in [0.2, 0.25) is 0 Å². The van der Waals surface area contributed by atoms with E-state index in [0.717, 1.165) is 44.3 Å². The summed E-state index contributed by atoms with van der Waals surface area (Å²) in [7, 11) is -3.57. The van der Waals surface area contributed by atoms with Gasteiger partial charge in [-0.1, -0.05) is 18.2 Å². The molecule has 1 aromatic heterocycles. The number of aryl methyl sites for hydroxylation is 4. The van der Waals surface area contributed by atoms with Crippen molar-refractivity contribution in [1.29, 1.82) is 0 Å². The minimum absolute atomic E-state index is 0.354. The van der Waals surface area contributed by atoms with Crippen molar-refractivity contribution in [2.24, 2.45) is 0 Å². The summed E-state index contributed by atoms with van der Waals surface area (Å²) in [5, 5.41) is 0.939. The molecule has 0 spiro atoms. The molecule has 2 heterocycles. The van der Waals surface area contributed by atoms with Crippen molar-refractivity contribution in [3.8, 4) is 0 Å². The number of nitrogens with zero attached hydrogens (tertiary/aromatic N) is 2. The van der Waals surface area contributed by atoms with Gasteiger partial charge in [0, 0.05) is 44.2 Å². The van der Waals surface area contributed by atoms with E-state index in [4.69, 9.17) is 4.42 Å². The van der Waals surface area contributed by atoms with E-state index in [1.807, 2.05) is 59.7 Å². The van der Waals surface area contributed by atoms with Gasteiger partial charge in [0.2, 0.25) is 10.0 Å². The minimum atomic E-state index is -3.57. The van der Waals surface area contributed by atoms with Crippen molar-refractivity contribution in [1.82, 2.24) is 9.21 Å². The maximum atomic E-state index is 13.5. The van der Waals surface area contributed by atoms with Gasteiger partial charge in [-0.05, 0) is 80.5 Å². The highest BCUT2D eigenvalue weighted by atomic mass is 32.2. The minimum Gasteiger partial charge on any atom is -0.422 e. The second kappa shape index (κ2) is 8.70. The summed E-state index contributed by atoms with van der Waals surface area (Å²) in [6.07, 6.45) is 0. The largest absolute Gasteiger partial charge is 0.422 e. The Morgan fingerprint density at radius 1 is 0.818 bits per heavy atom. The maximum absolute atomic E-state index is 13.5. The zero-order valence-electron chi connectivity index (χ0n) is 20.3. The summed E-state index contributed by atoms with van der Waals surface area (Å²) in [4.78, 5) is 14.9. The Morgan fingerprint density at radius 3 is 2.03 bits per heavy atom. The Balaban J connectivity index is 1.56. The molecule has 1 aliphatic heterocycles. The van der Waals surface area contributed by atoms with Crippen molar-refractivity contribution >= 4 is 21.0 Å². The van der Waals surface area contributed by atoms with Crippen LogP contribution in [0.4, 0.5) is 0 Å². The molecule has 4 rings (SSSR count). The van der Waals surface area contributed by atoms with Gasteiger partial charge in [-0.3, -0.25) is 4.90 Å². The Labute approximate surface area is 195 Å². The van der Waals surface area contributed by atoms with E-state index in [1.165, 1.54) is 0 Å². The molecule has 0 atom stereocenters. The molecule has 33 heavy (non-hydrogen) atoms. The van der Waals surface area contributed by atoms with Crippen LogP contribution in [0, 0.1) is 41.5 Å². The van der Waals surface area contributed by atoms with Gasteiger partial charge in [-0.25, -0.2) is 13.2 Å². The number of fused-ring (bicyclic) bond motifs is 1. The molecule has 1 aliphatic rings. The molecule has 1 saturated heterocycles. The molecule has 0 saturated carbocycles. The van der Waals surface area contributed by atoms with Gasteiger partial charge in [-0.2, -0.15) is 4.31 Å². The smallest absolute Gasteiger partial charge is 0.336 e. The SMILES string of the molecule is Cc1cc(C)c(C)c(S(=O)(=O)N2CCN(Cc3cc(=O)oc4c(C)c(C)ccc34)CC2)c1C. The van der Waals surface area contributed by atoms with Crippen LogP contribution >= 0.6 is 0 Å². The lowest BCUT2D eigenvalue weighted by Gasteiger charge is -2.35. The topological polar surface area (TPSA) is 70.8 Å². The molecule has 0 N–H and O–H groups in total. The predicted octanol–water partition coefficient (Wildman–Crippen LogP) is 4.15. The fraction of sp³-hybridized carbons (Fsp3) is 0.423. The standard InChI is InChI=1S/C26H32N2O4S/c1-16-7-8-23-22(14-24(29)32-25(23)19(16)4)15-27-9-11-28(12-10-27)33(30,31)26-20(5)17(2)13-18(3)21(26)6/h7-8,13-14H,9-12,15H2,1-6H3. The Hall–Kier alpha value is -2.48. The lowest BCUT2D eigenvalue weighted by Crippen LogP contribution is -2.48. The number of sulfonamides is 1. The highest BCUT2D eigenvalue weighted by Gasteiger charge is 2.32.